The van der Waals surface area contributed by atoms with E-state index in [2.05, 4.69) is 10.1 Å². The number of hydrogen-bond acceptors (Lipinski definition) is 5. The minimum atomic E-state index is 0.0822. The van der Waals surface area contributed by atoms with Crippen molar-refractivity contribution in [3.8, 4) is 0 Å². The Balaban J connectivity index is 1.65. The molecule has 128 valence electrons. The van der Waals surface area contributed by atoms with Gasteiger partial charge in [0.05, 0.1) is 12.5 Å². The molecule has 0 radical (unpaired) electrons. The molecule has 2 heterocycles. The topological polar surface area (TPSA) is 68.5 Å². The standard InChI is InChI=1S/C17H20ClN3O3/c1-23-9-8-15-19-17(24-20-15)13-4-7-16(22)21(11-13)10-12-2-5-14(18)6-3-12/h2-3,5-6,13H,4,7-11H2,1H3. The first-order valence-corrected chi connectivity index (χ1v) is 8.37. The van der Waals surface area contributed by atoms with E-state index in [9.17, 15) is 4.79 Å². The number of carbonyl (C=O) groups is 1. The predicted octanol–water partition coefficient (Wildman–Crippen LogP) is 2.82. The quantitative estimate of drug-likeness (QED) is 0.802. The second-order valence-corrected chi connectivity index (χ2v) is 6.36. The second kappa shape index (κ2) is 7.77. The van der Waals surface area contributed by atoms with Gasteiger partial charge in [-0.2, -0.15) is 4.98 Å². The molecule has 1 aromatic heterocycles. The lowest BCUT2D eigenvalue weighted by Gasteiger charge is -2.31. The van der Waals surface area contributed by atoms with Crippen molar-refractivity contribution in [1.82, 2.24) is 15.0 Å². The molecule has 24 heavy (non-hydrogen) atoms. The Hall–Kier alpha value is -1.92. The van der Waals surface area contributed by atoms with E-state index in [4.69, 9.17) is 20.9 Å². The number of ether oxygens (including phenoxy) is 1. The SMILES string of the molecule is COCCc1noc(C2CCC(=O)N(Cc3ccc(Cl)cc3)C2)n1. The summed E-state index contributed by atoms with van der Waals surface area (Å²) in [5.74, 6) is 1.49. The van der Waals surface area contributed by atoms with Crippen molar-refractivity contribution in [2.24, 2.45) is 0 Å². The molecule has 1 aliphatic rings. The Labute approximate surface area is 145 Å². The van der Waals surface area contributed by atoms with Gasteiger partial charge >= 0.3 is 0 Å². The van der Waals surface area contributed by atoms with Crippen LogP contribution in [0.3, 0.4) is 0 Å². The lowest BCUT2D eigenvalue weighted by Crippen LogP contribution is -2.38. The van der Waals surface area contributed by atoms with E-state index in [0.29, 0.717) is 49.3 Å². The molecule has 3 rings (SSSR count). The molecule has 1 aromatic carbocycles. The number of hydrogen-bond donors (Lipinski definition) is 0. The van der Waals surface area contributed by atoms with E-state index in [-0.39, 0.29) is 11.8 Å². The van der Waals surface area contributed by atoms with E-state index in [0.717, 1.165) is 12.0 Å². The van der Waals surface area contributed by atoms with Crippen molar-refractivity contribution < 1.29 is 14.1 Å². The van der Waals surface area contributed by atoms with Crippen LogP contribution in [0.4, 0.5) is 0 Å². The molecule has 1 saturated heterocycles. The first kappa shape index (κ1) is 16.9. The van der Waals surface area contributed by atoms with Crippen LogP contribution in [0.25, 0.3) is 0 Å². The Kier molecular flexibility index (Phi) is 5.48. The van der Waals surface area contributed by atoms with E-state index in [1.165, 1.54) is 0 Å². The number of piperidine rings is 1. The van der Waals surface area contributed by atoms with Crippen molar-refractivity contribution >= 4 is 17.5 Å². The number of methoxy groups -OCH3 is 1. The number of halogens is 1. The van der Waals surface area contributed by atoms with Crippen LogP contribution in [0.1, 0.15) is 36.0 Å². The second-order valence-electron chi connectivity index (χ2n) is 5.93. The lowest BCUT2D eigenvalue weighted by atomic mass is 9.97. The van der Waals surface area contributed by atoms with Gasteiger partial charge in [-0.25, -0.2) is 0 Å². The fourth-order valence-electron chi connectivity index (χ4n) is 2.81. The minimum absolute atomic E-state index is 0.0822. The Morgan fingerprint density at radius 2 is 2.17 bits per heavy atom. The van der Waals surface area contributed by atoms with E-state index in [1.807, 2.05) is 29.2 Å². The summed E-state index contributed by atoms with van der Waals surface area (Å²) in [4.78, 5) is 18.5. The Morgan fingerprint density at radius 1 is 1.38 bits per heavy atom. The van der Waals surface area contributed by atoms with Crippen molar-refractivity contribution in [1.29, 1.82) is 0 Å². The summed E-state index contributed by atoms with van der Waals surface area (Å²) in [6.07, 6.45) is 1.86. The number of amides is 1. The summed E-state index contributed by atoms with van der Waals surface area (Å²) >= 11 is 5.91. The van der Waals surface area contributed by atoms with Gasteiger partial charge < -0.3 is 14.2 Å². The summed E-state index contributed by atoms with van der Waals surface area (Å²) in [5, 5.41) is 4.67. The molecular weight excluding hydrogens is 330 g/mol. The summed E-state index contributed by atoms with van der Waals surface area (Å²) in [6.45, 7) is 1.72. The van der Waals surface area contributed by atoms with Gasteiger partial charge in [0.1, 0.15) is 0 Å². The predicted molar refractivity (Wildman–Crippen MR) is 88.7 cm³/mol. The monoisotopic (exact) mass is 349 g/mol. The highest BCUT2D eigenvalue weighted by Gasteiger charge is 2.30. The number of benzene rings is 1. The molecule has 1 atom stereocenters. The third-order valence-electron chi connectivity index (χ3n) is 4.15. The third-order valence-corrected chi connectivity index (χ3v) is 4.40. The first-order valence-electron chi connectivity index (χ1n) is 7.99. The average molecular weight is 350 g/mol. The van der Waals surface area contributed by atoms with Gasteiger partial charge in [0, 0.05) is 38.1 Å². The fourth-order valence-corrected chi connectivity index (χ4v) is 2.93. The highest BCUT2D eigenvalue weighted by molar-refractivity contribution is 6.30. The van der Waals surface area contributed by atoms with Crippen molar-refractivity contribution in [3.63, 3.8) is 0 Å². The number of aromatic nitrogens is 2. The van der Waals surface area contributed by atoms with Gasteiger partial charge in [0.15, 0.2) is 5.82 Å². The molecule has 1 fully saturated rings. The zero-order valence-corrected chi connectivity index (χ0v) is 14.3. The van der Waals surface area contributed by atoms with Crippen LogP contribution in [0, 0.1) is 0 Å². The number of carbonyl (C=O) groups excluding carboxylic acids is 1. The molecule has 1 aliphatic heterocycles. The fraction of sp³-hybridized carbons (Fsp3) is 0.471. The van der Waals surface area contributed by atoms with Gasteiger partial charge in [-0.1, -0.05) is 28.9 Å². The smallest absolute Gasteiger partial charge is 0.231 e. The van der Waals surface area contributed by atoms with Crippen molar-refractivity contribution in [2.75, 3.05) is 20.3 Å². The van der Waals surface area contributed by atoms with Crippen LogP contribution in [0.15, 0.2) is 28.8 Å². The normalized spacial score (nSPS) is 18.2. The molecule has 0 bridgehead atoms. The van der Waals surface area contributed by atoms with E-state index < -0.39 is 0 Å². The van der Waals surface area contributed by atoms with Gasteiger partial charge in [-0.15, -0.1) is 0 Å². The van der Waals surface area contributed by atoms with Crippen LogP contribution >= 0.6 is 11.6 Å². The van der Waals surface area contributed by atoms with Gasteiger partial charge in [0.25, 0.3) is 0 Å². The largest absolute Gasteiger partial charge is 0.384 e. The molecule has 7 heteroatoms. The van der Waals surface area contributed by atoms with Crippen molar-refractivity contribution in [3.05, 3.63) is 46.6 Å². The number of likely N-dealkylation sites (tertiary alicyclic amines) is 1. The van der Waals surface area contributed by atoms with E-state index in [1.54, 1.807) is 7.11 Å². The van der Waals surface area contributed by atoms with Crippen molar-refractivity contribution in [2.45, 2.75) is 31.7 Å². The van der Waals surface area contributed by atoms with Crippen LogP contribution in [-0.4, -0.2) is 41.2 Å². The zero-order valence-electron chi connectivity index (χ0n) is 13.6. The Morgan fingerprint density at radius 3 is 2.92 bits per heavy atom. The molecule has 1 unspecified atom stereocenters. The molecule has 1 amide bonds. The molecule has 0 aliphatic carbocycles. The number of nitrogens with zero attached hydrogens (tertiary/aromatic N) is 3. The van der Waals surface area contributed by atoms with Crippen LogP contribution in [-0.2, 0) is 22.5 Å². The van der Waals surface area contributed by atoms with Gasteiger partial charge in [-0.05, 0) is 24.1 Å². The summed E-state index contributed by atoms with van der Waals surface area (Å²) < 4.78 is 10.4. The third kappa shape index (κ3) is 4.13. The van der Waals surface area contributed by atoms with Gasteiger partial charge in [-0.3, -0.25) is 4.79 Å². The minimum Gasteiger partial charge on any atom is -0.384 e. The lowest BCUT2D eigenvalue weighted by molar-refractivity contribution is -0.134. The summed E-state index contributed by atoms with van der Waals surface area (Å²) in [6, 6.07) is 7.55. The molecule has 0 N–H and O–H groups in total. The zero-order chi connectivity index (χ0) is 16.9. The molecule has 0 spiro atoms. The maximum Gasteiger partial charge on any atom is 0.231 e. The highest BCUT2D eigenvalue weighted by Crippen LogP contribution is 2.27. The van der Waals surface area contributed by atoms with Gasteiger partial charge in [0.2, 0.25) is 11.8 Å². The Bertz CT molecular complexity index is 687. The molecule has 0 saturated carbocycles. The van der Waals surface area contributed by atoms with E-state index >= 15 is 0 Å². The highest BCUT2D eigenvalue weighted by atomic mass is 35.5. The first-order chi connectivity index (χ1) is 11.7. The maximum absolute atomic E-state index is 12.2. The van der Waals surface area contributed by atoms with Crippen LogP contribution in [0.5, 0.6) is 0 Å². The molecular formula is C17H20ClN3O3. The molecule has 2 aromatic rings. The maximum atomic E-state index is 12.2. The summed E-state index contributed by atoms with van der Waals surface area (Å²) in [7, 11) is 1.64. The van der Waals surface area contributed by atoms with Crippen LogP contribution < -0.4 is 0 Å². The number of rotatable bonds is 6. The van der Waals surface area contributed by atoms with Crippen LogP contribution in [0.2, 0.25) is 5.02 Å². The average Bonchev–Trinajstić information content (AvgIpc) is 3.06. The summed E-state index contributed by atoms with van der Waals surface area (Å²) in [5.41, 5.74) is 1.06. The molecule has 6 nitrogen and oxygen atoms in total.